The van der Waals surface area contributed by atoms with Crippen molar-refractivity contribution in [3.05, 3.63) is 71.8 Å². The number of amides is 1. The number of aromatic hydroxyl groups is 1. The fraction of sp³-hybridized carbons (Fsp3) is 0.143. The van der Waals surface area contributed by atoms with Crippen molar-refractivity contribution in [3.8, 4) is 17.6 Å². The molecule has 0 unspecified atom stereocenters. The molecule has 0 bridgehead atoms. The van der Waals surface area contributed by atoms with Gasteiger partial charge in [-0.2, -0.15) is 5.26 Å². The minimum Gasteiger partial charge on any atom is -0.508 e. The summed E-state index contributed by atoms with van der Waals surface area (Å²) in [6.45, 7) is 6.10. The average molecular weight is 348 g/mol. The molecule has 0 fully saturated rings. The molecule has 0 spiro atoms. The molecule has 5 nitrogen and oxygen atoms in total. The van der Waals surface area contributed by atoms with Gasteiger partial charge in [0.1, 0.15) is 23.1 Å². The molecule has 0 aromatic heterocycles. The highest BCUT2D eigenvalue weighted by atomic mass is 16.5. The van der Waals surface area contributed by atoms with Crippen LogP contribution in [-0.2, 0) is 11.2 Å². The van der Waals surface area contributed by atoms with Crippen LogP contribution < -0.4 is 10.1 Å². The summed E-state index contributed by atoms with van der Waals surface area (Å²) >= 11 is 0. The standard InChI is InChI=1S/C21H20N2O3/c1-3-5-16-12-15(6-11-20(16)24)13-17(14-22)21(25)23-18-7-9-19(10-8-18)26-4-2/h3,6-13,24H,1,4-5H2,2H3,(H,23,25)/b17-13-. The van der Waals surface area contributed by atoms with E-state index < -0.39 is 5.91 Å². The van der Waals surface area contributed by atoms with Crippen LogP contribution in [0.5, 0.6) is 11.5 Å². The molecule has 0 aliphatic carbocycles. The number of phenols is 1. The van der Waals surface area contributed by atoms with Crippen molar-refractivity contribution in [2.24, 2.45) is 0 Å². The zero-order chi connectivity index (χ0) is 18.9. The van der Waals surface area contributed by atoms with E-state index in [0.29, 0.717) is 35.6 Å². The lowest BCUT2D eigenvalue weighted by atomic mass is 10.0. The molecule has 0 saturated carbocycles. The summed E-state index contributed by atoms with van der Waals surface area (Å²) in [5.41, 5.74) is 1.86. The van der Waals surface area contributed by atoms with Crippen molar-refractivity contribution in [2.75, 3.05) is 11.9 Å². The molecule has 0 aliphatic rings. The Kier molecular flexibility index (Phi) is 6.58. The number of benzene rings is 2. The van der Waals surface area contributed by atoms with Gasteiger partial charge in [-0.05, 0) is 66.9 Å². The Morgan fingerprint density at radius 2 is 2.04 bits per heavy atom. The number of carbonyl (C=O) groups is 1. The van der Waals surface area contributed by atoms with E-state index in [1.165, 1.54) is 12.1 Å². The van der Waals surface area contributed by atoms with Crippen LogP contribution in [0.1, 0.15) is 18.1 Å². The molecule has 132 valence electrons. The van der Waals surface area contributed by atoms with Gasteiger partial charge in [0.05, 0.1) is 6.61 Å². The molecule has 2 aromatic rings. The van der Waals surface area contributed by atoms with Crippen molar-refractivity contribution in [1.82, 2.24) is 0 Å². The molecule has 2 rings (SSSR count). The number of hydrogen-bond acceptors (Lipinski definition) is 4. The quantitative estimate of drug-likeness (QED) is 0.449. The Balaban J connectivity index is 2.17. The highest BCUT2D eigenvalue weighted by molar-refractivity contribution is 6.09. The monoisotopic (exact) mass is 348 g/mol. The van der Waals surface area contributed by atoms with Crippen molar-refractivity contribution in [2.45, 2.75) is 13.3 Å². The topological polar surface area (TPSA) is 82.4 Å². The van der Waals surface area contributed by atoms with E-state index >= 15 is 0 Å². The third-order valence-electron chi connectivity index (χ3n) is 3.57. The largest absolute Gasteiger partial charge is 0.508 e. The molecular formula is C21H20N2O3. The van der Waals surface area contributed by atoms with E-state index in [1.54, 1.807) is 42.5 Å². The van der Waals surface area contributed by atoms with Crippen LogP contribution in [0.15, 0.2) is 60.7 Å². The molecule has 26 heavy (non-hydrogen) atoms. The van der Waals surface area contributed by atoms with Gasteiger partial charge in [0.15, 0.2) is 0 Å². The van der Waals surface area contributed by atoms with Gasteiger partial charge in [0.25, 0.3) is 5.91 Å². The number of hydrogen-bond donors (Lipinski definition) is 2. The van der Waals surface area contributed by atoms with Gasteiger partial charge in [-0.1, -0.05) is 12.1 Å². The first kappa shape index (κ1) is 18.8. The third kappa shape index (κ3) is 4.99. The zero-order valence-corrected chi connectivity index (χ0v) is 14.5. The Labute approximate surface area is 152 Å². The maximum Gasteiger partial charge on any atom is 0.266 e. The van der Waals surface area contributed by atoms with Crippen LogP contribution in [0.4, 0.5) is 5.69 Å². The predicted octanol–water partition coefficient (Wildman–Crippen LogP) is 4.07. The molecule has 0 atom stereocenters. The van der Waals surface area contributed by atoms with Gasteiger partial charge in [-0.15, -0.1) is 6.58 Å². The molecule has 1 amide bonds. The van der Waals surface area contributed by atoms with E-state index in [9.17, 15) is 15.2 Å². The summed E-state index contributed by atoms with van der Waals surface area (Å²) in [5.74, 6) is 0.356. The summed E-state index contributed by atoms with van der Waals surface area (Å²) in [4.78, 5) is 12.3. The highest BCUT2D eigenvalue weighted by Gasteiger charge is 2.10. The fourth-order valence-corrected chi connectivity index (χ4v) is 2.33. The summed E-state index contributed by atoms with van der Waals surface area (Å²) in [6.07, 6.45) is 3.65. The first-order chi connectivity index (χ1) is 12.6. The lowest BCUT2D eigenvalue weighted by molar-refractivity contribution is -0.112. The van der Waals surface area contributed by atoms with Crippen LogP contribution >= 0.6 is 0 Å². The normalized spacial score (nSPS) is 10.7. The van der Waals surface area contributed by atoms with Crippen LogP contribution in [0, 0.1) is 11.3 Å². The van der Waals surface area contributed by atoms with Crippen molar-refractivity contribution in [3.63, 3.8) is 0 Å². The minimum absolute atomic E-state index is 0.0332. The maximum absolute atomic E-state index is 12.3. The Hall–Kier alpha value is -3.52. The van der Waals surface area contributed by atoms with Gasteiger partial charge in [0.2, 0.25) is 0 Å². The SMILES string of the molecule is C=CCc1cc(/C=C(/C#N)C(=O)Nc2ccc(OCC)cc2)ccc1O. The van der Waals surface area contributed by atoms with Gasteiger partial charge in [-0.25, -0.2) is 0 Å². The first-order valence-electron chi connectivity index (χ1n) is 8.16. The Morgan fingerprint density at radius 1 is 1.31 bits per heavy atom. The number of rotatable bonds is 7. The van der Waals surface area contributed by atoms with Gasteiger partial charge < -0.3 is 15.2 Å². The smallest absolute Gasteiger partial charge is 0.266 e. The zero-order valence-electron chi connectivity index (χ0n) is 14.5. The lowest BCUT2D eigenvalue weighted by Gasteiger charge is -2.07. The second-order valence-electron chi connectivity index (χ2n) is 5.46. The number of anilines is 1. The van der Waals surface area contributed by atoms with E-state index in [-0.39, 0.29) is 11.3 Å². The molecule has 2 N–H and O–H groups in total. The van der Waals surface area contributed by atoms with Crippen molar-refractivity contribution >= 4 is 17.7 Å². The summed E-state index contributed by atoms with van der Waals surface area (Å²) < 4.78 is 5.35. The molecular weight excluding hydrogens is 328 g/mol. The number of carbonyl (C=O) groups excluding carboxylic acids is 1. The molecule has 0 radical (unpaired) electrons. The number of nitrogens with zero attached hydrogens (tertiary/aromatic N) is 1. The number of ether oxygens (including phenoxy) is 1. The molecule has 0 saturated heterocycles. The van der Waals surface area contributed by atoms with E-state index in [0.717, 1.165) is 0 Å². The van der Waals surface area contributed by atoms with Crippen molar-refractivity contribution in [1.29, 1.82) is 5.26 Å². The number of allylic oxidation sites excluding steroid dienone is 1. The van der Waals surface area contributed by atoms with Gasteiger partial charge >= 0.3 is 0 Å². The van der Waals surface area contributed by atoms with E-state index in [2.05, 4.69) is 11.9 Å². The molecule has 5 heteroatoms. The average Bonchev–Trinajstić information content (AvgIpc) is 2.64. The number of nitrogens with one attached hydrogen (secondary N) is 1. The summed E-state index contributed by atoms with van der Waals surface area (Å²) in [6, 6.07) is 13.7. The molecule has 2 aromatic carbocycles. The van der Waals surface area contributed by atoms with Crippen LogP contribution in [0.2, 0.25) is 0 Å². The van der Waals surface area contributed by atoms with Crippen LogP contribution in [0.3, 0.4) is 0 Å². The number of phenolic OH excluding ortho intramolecular Hbond substituents is 1. The second-order valence-corrected chi connectivity index (χ2v) is 5.46. The van der Waals surface area contributed by atoms with Crippen molar-refractivity contribution < 1.29 is 14.6 Å². The van der Waals surface area contributed by atoms with E-state index in [4.69, 9.17) is 4.74 Å². The fourth-order valence-electron chi connectivity index (χ4n) is 2.33. The van der Waals surface area contributed by atoms with Crippen LogP contribution in [0.25, 0.3) is 6.08 Å². The molecule has 0 heterocycles. The predicted molar refractivity (Wildman–Crippen MR) is 102 cm³/mol. The highest BCUT2D eigenvalue weighted by Crippen LogP contribution is 2.21. The van der Waals surface area contributed by atoms with Gasteiger partial charge in [0, 0.05) is 5.69 Å². The minimum atomic E-state index is -0.505. The first-order valence-corrected chi connectivity index (χ1v) is 8.16. The Morgan fingerprint density at radius 3 is 2.65 bits per heavy atom. The third-order valence-corrected chi connectivity index (χ3v) is 3.57. The summed E-state index contributed by atoms with van der Waals surface area (Å²) in [7, 11) is 0. The summed E-state index contributed by atoms with van der Waals surface area (Å²) in [5, 5.41) is 21.8. The van der Waals surface area contributed by atoms with Gasteiger partial charge in [-0.3, -0.25) is 4.79 Å². The second kappa shape index (κ2) is 9.09. The number of nitriles is 1. The van der Waals surface area contributed by atoms with E-state index in [1.807, 2.05) is 13.0 Å². The maximum atomic E-state index is 12.3. The lowest BCUT2D eigenvalue weighted by Crippen LogP contribution is -2.13. The Bertz CT molecular complexity index is 862. The molecule has 0 aliphatic heterocycles. The van der Waals surface area contributed by atoms with Crippen LogP contribution in [-0.4, -0.2) is 17.6 Å².